The molecule has 1 aliphatic rings. The summed E-state index contributed by atoms with van der Waals surface area (Å²) in [6, 6.07) is 14.8. The molecule has 0 saturated heterocycles. The SMILES string of the molecule is Cc1ccc(OCC(=O)O[C@@H](C(=O)NC2CC2)c2ccccc2)cc1C. The molecule has 1 atom stereocenters. The Morgan fingerprint density at radius 2 is 1.81 bits per heavy atom. The van der Waals surface area contributed by atoms with Crippen LogP contribution in [0.1, 0.15) is 35.6 Å². The number of benzene rings is 2. The Bertz CT molecular complexity index is 784. The maximum atomic E-state index is 12.5. The summed E-state index contributed by atoms with van der Waals surface area (Å²) in [5.74, 6) is -0.273. The Kier molecular flexibility index (Phi) is 5.56. The summed E-state index contributed by atoms with van der Waals surface area (Å²) in [4.78, 5) is 24.7. The molecule has 1 N–H and O–H groups in total. The average molecular weight is 353 g/mol. The molecule has 0 heterocycles. The van der Waals surface area contributed by atoms with Crippen LogP contribution in [-0.4, -0.2) is 24.5 Å². The molecule has 0 aromatic heterocycles. The first-order chi connectivity index (χ1) is 12.5. The number of hydrogen-bond donors (Lipinski definition) is 1. The Morgan fingerprint density at radius 1 is 1.08 bits per heavy atom. The van der Waals surface area contributed by atoms with E-state index in [0.717, 1.165) is 24.0 Å². The molecule has 1 fully saturated rings. The van der Waals surface area contributed by atoms with Crippen molar-refractivity contribution in [2.45, 2.75) is 38.8 Å². The van der Waals surface area contributed by atoms with Crippen molar-refractivity contribution < 1.29 is 19.1 Å². The number of aryl methyl sites for hydroxylation is 2. The third-order valence-corrected chi connectivity index (χ3v) is 4.35. The molecule has 0 aliphatic heterocycles. The van der Waals surface area contributed by atoms with Gasteiger partial charge < -0.3 is 14.8 Å². The number of nitrogens with one attached hydrogen (secondary N) is 1. The minimum atomic E-state index is -0.965. The summed E-state index contributed by atoms with van der Waals surface area (Å²) in [5.41, 5.74) is 2.88. The quantitative estimate of drug-likeness (QED) is 0.776. The fourth-order valence-electron chi connectivity index (χ4n) is 2.52. The molecular formula is C21H23NO4. The molecule has 136 valence electrons. The standard InChI is InChI=1S/C21H23NO4/c1-14-8-11-18(12-15(14)2)25-13-19(23)26-20(16-6-4-3-5-7-16)21(24)22-17-9-10-17/h3-8,11-12,17,20H,9-10,13H2,1-2H3,(H,22,24)/t20-/m1/s1. The second-order valence-electron chi connectivity index (χ2n) is 6.60. The van der Waals surface area contributed by atoms with E-state index in [9.17, 15) is 9.59 Å². The van der Waals surface area contributed by atoms with Crippen LogP contribution < -0.4 is 10.1 Å². The highest BCUT2D eigenvalue weighted by Crippen LogP contribution is 2.23. The Labute approximate surface area is 153 Å². The van der Waals surface area contributed by atoms with E-state index in [0.29, 0.717) is 11.3 Å². The van der Waals surface area contributed by atoms with Crippen molar-refractivity contribution >= 4 is 11.9 Å². The highest BCUT2D eigenvalue weighted by molar-refractivity contribution is 5.85. The number of esters is 1. The first-order valence-corrected chi connectivity index (χ1v) is 8.78. The molecule has 2 aromatic carbocycles. The van der Waals surface area contributed by atoms with Crippen LogP contribution in [0, 0.1) is 13.8 Å². The van der Waals surface area contributed by atoms with Crippen LogP contribution >= 0.6 is 0 Å². The van der Waals surface area contributed by atoms with Crippen molar-refractivity contribution in [1.29, 1.82) is 0 Å². The predicted molar refractivity (Wildman–Crippen MR) is 97.9 cm³/mol. The van der Waals surface area contributed by atoms with E-state index in [4.69, 9.17) is 9.47 Å². The average Bonchev–Trinajstić information content (AvgIpc) is 3.45. The van der Waals surface area contributed by atoms with Crippen molar-refractivity contribution in [2.75, 3.05) is 6.61 Å². The van der Waals surface area contributed by atoms with Crippen molar-refractivity contribution in [3.8, 4) is 5.75 Å². The predicted octanol–water partition coefficient (Wildman–Crippen LogP) is 3.25. The molecule has 0 unspecified atom stereocenters. The normalized spacial score (nSPS) is 14.4. The molecule has 1 saturated carbocycles. The Balaban J connectivity index is 1.62. The lowest BCUT2D eigenvalue weighted by atomic mass is 10.1. The van der Waals surface area contributed by atoms with E-state index in [-0.39, 0.29) is 18.6 Å². The highest BCUT2D eigenvalue weighted by Gasteiger charge is 2.30. The van der Waals surface area contributed by atoms with E-state index in [1.165, 1.54) is 0 Å². The number of hydrogen-bond acceptors (Lipinski definition) is 4. The summed E-state index contributed by atoms with van der Waals surface area (Å²) in [5, 5.41) is 2.89. The van der Waals surface area contributed by atoms with Gasteiger partial charge >= 0.3 is 5.97 Å². The van der Waals surface area contributed by atoms with Crippen LogP contribution in [0.2, 0.25) is 0 Å². The van der Waals surface area contributed by atoms with Gasteiger partial charge in [-0.15, -0.1) is 0 Å². The van der Waals surface area contributed by atoms with Gasteiger partial charge in [-0.1, -0.05) is 36.4 Å². The minimum Gasteiger partial charge on any atom is -0.482 e. The third kappa shape index (κ3) is 4.85. The molecule has 1 aliphatic carbocycles. The number of rotatable bonds is 7. The molecule has 3 rings (SSSR count). The van der Waals surface area contributed by atoms with Crippen LogP contribution in [0.3, 0.4) is 0 Å². The van der Waals surface area contributed by atoms with Gasteiger partial charge in [0.15, 0.2) is 6.61 Å². The highest BCUT2D eigenvalue weighted by atomic mass is 16.6. The van der Waals surface area contributed by atoms with Crippen LogP contribution in [0.25, 0.3) is 0 Å². The molecule has 0 spiro atoms. The number of carbonyl (C=O) groups excluding carboxylic acids is 2. The van der Waals surface area contributed by atoms with Crippen molar-refractivity contribution in [3.63, 3.8) is 0 Å². The first-order valence-electron chi connectivity index (χ1n) is 8.78. The van der Waals surface area contributed by atoms with Gasteiger partial charge in [0.1, 0.15) is 5.75 Å². The summed E-state index contributed by atoms with van der Waals surface area (Å²) >= 11 is 0. The van der Waals surface area contributed by atoms with Crippen molar-refractivity contribution in [2.24, 2.45) is 0 Å². The second-order valence-corrected chi connectivity index (χ2v) is 6.60. The summed E-state index contributed by atoms with van der Waals surface area (Å²) in [6.45, 7) is 3.74. The molecule has 0 radical (unpaired) electrons. The number of ether oxygens (including phenoxy) is 2. The van der Waals surface area contributed by atoms with E-state index in [2.05, 4.69) is 5.32 Å². The van der Waals surface area contributed by atoms with Gasteiger partial charge in [0.05, 0.1) is 0 Å². The monoisotopic (exact) mass is 353 g/mol. The molecule has 26 heavy (non-hydrogen) atoms. The van der Waals surface area contributed by atoms with Crippen molar-refractivity contribution in [1.82, 2.24) is 5.32 Å². The number of carbonyl (C=O) groups is 2. The molecule has 5 heteroatoms. The zero-order chi connectivity index (χ0) is 18.5. The maximum Gasteiger partial charge on any atom is 0.345 e. The minimum absolute atomic E-state index is 0.194. The lowest BCUT2D eigenvalue weighted by molar-refractivity contribution is -0.158. The fourth-order valence-corrected chi connectivity index (χ4v) is 2.52. The summed E-state index contributed by atoms with van der Waals surface area (Å²) < 4.78 is 10.9. The molecule has 2 aromatic rings. The third-order valence-electron chi connectivity index (χ3n) is 4.35. The molecular weight excluding hydrogens is 330 g/mol. The molecule has 5 nitrogen and oxygen atoms in total. The fraction of sp³-hybridized carbons (Fsp3) is 0.333. The zero-order valence-electron chi connectivity index (χ0n) is 15.0. The lowest BCUT2D eigenvalue weighted by Crippen LogP contribution is -2.34. The van der Waals surface area contributed by atoms with Crippen LogP contribution in [0.15, 0.2) is 48.5 Å². The zero-order valence-corrected chi connectivity index (χ0v) is 15.0. The van der Waals surface area contributed by atoms with Gasteiger partial charge in [-0.2, -0.15) is 0 Å². The van der Waals surface area contributed by atoms with E-state index < -0.39 is 12.1 Å². The largest absolute Gasteiger partial charge is 0.482 e. The van der Waals surface area contributed by atoms with E-state index in [1.54, 1.807) is 12.1 Å². The summed E-state index contributed by atoms with van der Waals surface area (Å²) in [6.07, 6.45) is 0.974. The smallest absolute Gasteiger partial charge is 0.345 e. The van der Waals surface area contributed by atoms with Gasteiger partial charge in [0.2, 0.25) is 6.10 Å². The van der Waals surface area contributed by atoms with Gasteiger partial charge in [-0.25, -0.2) is 4.79 Å². The first kappa shape index (κ1) is 18.0. The maximum absolute atomic E-state index is 12.5. The second kappa shape index (κ2) is 8.04. The molecule has 0 bridgehead atoms. The lowest BCUT2D eigenvalue weighted by Gasteiger charge is -2.18. The van der Waals surface area contributed by atoms with Crippen LogP contribution in [-0.2, 0) is 14.3 Å². The van der Waals surface area contributed by atoms with Gasteiger partial charge in [0.25, 0.3) is 5.91 Å². The van der Waals surface area contributed by atoms with E-state index in [1.807, 2.05) is 50.2 Å². The summed E-state index contributed by atoms with van der Waals surface area (Å²) in [7, 11) is 0. The Morgan fingerprint density at radius 3 is 2.46 bits per heavy atom. The van der Waals surface area contributed by atoms with Gasteiger partial charge in [-0.05, 0) is 49.9 Å². The Hall–Kier alpha value is -2.82. The van der Waals surface area contributed by atoms with E-state index >= 15 is 0 Å². The molecule has 1 amide bonds. The van der Waals surface area contributed by atoms with Gasteiger partial charge in [0, 0.05) is 11.6 Å². The topological polar surface area (TPSA) is 64.6 Å². The van der Waals surface area contributed by atoms with Gasteiger partial charge in [-0.3, -0.25) is 4.79 Å². The number of amides is 1. The van der Waals surface area contributed by atoms with Crippen molar-refractivity contribution in [3.05, 3.63) is 65.2 Å². The van der Waals surface area contributed by atoms with Crippen LogP contribution in [0.5, 0.6) is 5.75 Å². The van der Waals surface area contributed by atoms with Crippen LogP contribution in [0.4, 0.5) is 0 Å².